The Labute approximate surface area is 132 Å². The zero-order valence-electron chi connectivity index (χ0n) is 12.7. The van der Waals surface area contributed by atoms with E-state index in [4.69, 9.17) is 4.74 Å². The Balaban J connectivity index is 1.87. The Morgan fingerprint density at radius 3 is 2.52 bits per heavy atom. The maximum absolute atomic E-state index is 12.8. The third kappa shape index (κ3) is 3.32. The number of ether oxygens (including phenoxy) is 1. The second-order valence-corrected chi connectivity index (χ2v) is 5.75. The second kappa shape index (κ2) is 5.85. The van der Waals surface area contributed by atoms with Crippen molar-refractivity contribution >= 4 is 5.82 Å². The molecule has 122 valence electrons. The number of morpholine rings is 1. The molecule has 1 aromatic heterocycles. The van der Waals surface area contributed by atoms with Crippen molar-refractivity contribution in [2.45, 2.75) is 18.7 Å². The van der Waals surface area contributed by atoms with Crippen molar-refractivity contribution in [3.8, 4) is 0 Å². The Bertz CT molecular complexity index is 675. The molecule has 0 bridgehead atoms. The minimum absolute atomic E-state index is 0.324. The summed E-state index contributed by atoms with van der Waals surface area (Å²) in [5.74, 6) is 0.324. The van der Waals surface area contributed by atoms with Gasteiger partial charge in [-0.05, 0) is 24.6 Å². The number of benzene rings is 1. The molecule has 0 spiro atoms. The first kappa shape index (κ1) is 15.8. The molecule has 1 aromatic carbocycles. The number of anilines is 1. The number of nitrogens with zero attached hydrogens (tertiary/aromatic N) is 2. The molecule has 3 rings (SSSR count). The first-order chi connectivity index (χ1) is 10.9. The Morgan fingerprint density at radius 2 is 1.83 bits per heavy atom. The van der Waals surface area contributed by atoms with Crippen LogP contribution in [0.5, 0.6) is 0 Å². The van der Waals surface area contributed by atoms with E-state index in [1.54, 1.807) is 6.07 Å². The largest absolute Gasteiger partial charge is 0.433 e. The van der Waals surface area contributed by atoms with Gasteiger partial charge in [-0.1, -0.05) is 36.4 Å². The van der Waals surface area contributed by atoms with E-state index in [2.05, 4.69) is 4.98 Å². The summed E-state index contributed by atoms with van der Waals surface area (Å²) >= 11 is 0. The van der Waals surface area contributed by atoms with Crippen molar-refractivity contribution in [1.82, 2.24) is 4.98 Å². The summed E-state index contributed by atoms with van der Waals surface area (Å²) in [6, 6.07) is 13.7. The molecule has 0 N–H and O–H groups in total. The van der Waals surface area contributed by atoms with Gasteiger partial charge in [-0.15, -0.1) is 0 Å². The van der Waals surface area contributed by atoms with Gasteiger partial charge in [-0.25, -0.2) is 4.98 Å². The van der Waals surface area contributed by atoms with Crippen molar-refractivity contribution < 1.29 is 17.9 Å². The van der Waals surface area contributed by atoms with E-state index in [-0.39, 0.29) is 0 Å². The summed E-state index contributed by atoms with van der Waals surface area (Å²) in [5.41, 5.74) is -0.449. The maximum Gasteiger partial charge on any atom is 0.433 e. The lowest BCUT2D eigenvalue weighted by Crippen LogP contribution is -2.48. The highest BCUT2D eigenvalue weighted by Crippen LogP contribution is 2.33. The SMILES string of the molecule is CC1(c2ccccc2)CN(c2cccc(C(F)(F)F)n2)CCO1. The number of halogens is 3. The van der Waals surface area contributed by atoms with Gasteiger partial charge in [0.1, 0.15) is 17.1 Å². The summed E-state index contributed by atoms with van der Waals surface area (Å²) in [7, 11) is 0. The van der Waals surface area contributed by atoms with Crippen molar-refractivity contribution in [1.29, 1.82) is 0 Å². The molecule has 0 radical (unpaired) electrons. The van der Waals surface area contributed by atoms with Crippen molar-refractivity contribution in [2.24, 2.45) is 0 Å². The molecule has 0 aliphatic carbocycles. The zero-order chi connectivity index (χ0) is 16.5. The normalized spacial score (nSPS) is 22.2. The highest BCUT2D eigenvalue weighted by Gasteiger charge is 2.36. The van der Waals surface area contributed by atoms with E-state index in [9.17, 15) is 13.2 Å². The van der Waals surface area contributed by atoms with Gasteiger partial charge in [0.2, 0.25) is 0 Å². The van der Waals surface area contributed by atoms with Crippen LogP contribution in [-0.2, 0) is 16.5 Å². The van der Waals surface area contributed by atoms with Gasteiger partial charge in [0.05, 0.1) is 13.2 Å². The molecule has 23 heavy (non-hydrogen) atoms. The first-order valence-electron chi connectivity index (χ1n) is 7.37. The van der Waals surface area contributed by atoms with Crippen LogP contribution in [0.3, 0.4) is 0 Å². The average Bonchev–Trinajstić information content (AvgIpc) is 2.55. The van der Waals surface area contributed by atoms with Crippen molar-refractivity contribution in [3.63, 3.8) is 0 Å². The summed E-state index contributed by atoms with van der Waals surface area (Å²) in [6.45, 7) is 3.34. The number of hydrogen-bond acceptors (Lipinski definition) is 3. The maximum atomic E-state index is 12.8. The number of alkyl halides is 3. The molecule has 3 nitrogen and oxygen atoms in total. The van der Waals surface area contributed by atoms with Crippen LogP contribution >= 0.6 is 0 Å². The van der Waals surface area contributed by atoms with Crippen molar-refractivity contribution in [3.05, 3.63) is 59.8 Å². The predicted octanol–water partition coefficient (Wildman–Crippen LogP) is 3.85. The number of rotatable bonds is 2. The fourth-order valence-electron chi connectivity index (χ4n) is 2.79. The minimum Gasteiger partial charge on any atom is -0.367 e. The standard InChI is InChI=1S/C17H17F3N2O/c1-16(13-6-3-2-4-7-13)12-22(10-11-23-16)15-9-5-8-14(21-15)17(18,19)20/h2-9H,10-12H2,1H3. The van der Waals surface area contributed by atoms with Gasteiger partial charge in [0, 0.05) is 6.54 Å². The quantitative estimate of drug-likeness (QED) is 0.840. The number of pyridine rings is 1. The van der Waals surface area contributed by atoms with Crippen LogP contribution < -0.4 is 4.90 Å². The highest BCUT2D eigenvalue weighted by atomic mass is 19.4. The van der Waals surface area contributed by atoms with E-state index >= 15 is 0 Å². The molecule has 1 atom stereocenters. The van der Waals surface area contributed by atoms with E-state index in [0.29, 0.717) is 25.5 Å². The predicted molar refractivity (Wildman–Crippen MR) is 81.2 cm³/mol. The molecule has 1 aliphatic heterocycles. The monoisotopic (exact) mass is 322 g/mol. The molecule has 2 aromatic rings. The fourth-order valence-corrected chi connectivity index (χ4v) is 2.79. The van der Waals surface area contributed by atoms with Gasteiger partial charge in [0.15, 0.2) is 0 Å². The van der Waals surface area contributed by atoms with Crippen LogP contribution in [-0.4, -0.2) is 24.7 Å². The van der Waals surface area contributed by atoms with Gasteiger partial charge >= 0.3 is 6.18 Å². The highest BCUT2D eigenvalue weighted by molar-refractivity contribution is 5.42. The van der Waals surface area contributed by atoms with Crippen LogP contribution in [0, 0.1) is 0 Å². The summed E-state index contributed by atoms with van der Waals surface area (Å²) in [6.07, 6.45) is -4.44. The van der Waals surface area contributed by atoms with E-state index in [1.807, 2.05) is 42.2 Å². The number of aromatic nitrogens is 1. The molecule has 0 amide bonds. The lowest BCUT2D eigenvalue weighted by molar-refractivity contribution is -0.141. The zero-order valence-corrected chi connectivity index (χ0v) is 12.7. The average molecular weight is 322 g/mol. The lowest BCUT2D eigenvalue weighted by atomic mass is 9.94. The third-order valence-electron chi connectivity index (χ3n) is 4.01. The van der Waals surface area contributed by atoms with Crippen LogP contribution in [0.15, 0.2) is 48.5 Å². The molecule has 1 saturated heterocycles. The third-order valence-corrected chi connectivity index (χ3v) is 4.01. The van der Waals surface area contributed by atoms with Gasteiger partial charge < -0.3 is 9.64 Å². The van der Waals surface area contributed by atoms with Gasteiger partial charge in [0.25, 0.3) is 0 Å². The second-order valence-electron chi connectivity index (χ2n) is 5.75. The molecule has 1 fully saturated rings. The summed E-state index contributed by atoms with van der Waals surface area (Å²) < 4.78 is 44.4. The molecule has 0 saturated carbocycles. The topological polar surface area (TPSA) is 25.4 Å². The van der Waals surface area contributed by atoms with Gasteiger partial charge in [-0.3, -0.25) is 0 Å². The molecule has 1 unspecified atom stereocenters. The summed E-state index contributed by atoms with van der Waals surface area (Å²) in [5, 5.41) is 0. The Morgan fingerprint density at radius 1 is 1.09 bits per heavy atom. The fraction of sp³-hybridized carbons (Fsp3) is 0.353. The number of hydrogen-bond donors (Lipinski definition) is 0. The molecule has 1 aliphatic rings. The van der Waals surface area contributed by atoms with Crippen LogP contribution in [0.4, 0.5) is 19.0 Å². The van der Waals surface area contributed by atoms with E-state index in [0.717, 1.165) is 11.6 Å². The van der Waals surface area contributed by atoms with Crippen LogP contribution in [0.1, 0.15) is 18.2 Å². The van der Waals surface area contributed by atoms with E-state index < -0.39 is 17.5 Å². The minimum atomic E-state index is -4.44. The first-order valence-corrected chi connectivity index (χ1v) is 7.37. The summed E-state index contributed by atoms with van der Waals surface area (Å²) in [4.78, 5) is 5.61. The Hall–Kier alpha value is -2.08. The molecular formula is C17H17F3N2O. The smallest absolute Gasteiger partial charge is 0.367 e. The Kier molecular flexibility index (Phi) is 4.02. The van der Waals surface area contributed by atoms with Crippen LogP contribution in [0.2, 0.25) is 0 Å². The van der Waals surface area contributed by atoms with E-state index in [1.165, 1.54) is 6.07 Å². The lowest BCUT2D eigenvalue weighted by Gasteiger charge is -2.41. The van der Waals surface area contributed by atoms with Gasteiger partial charge in [-0.2, -0.15) is 13.2 Å². The molecular weight excluding hydrogens is 305 g/mol. The van der Waals surface area contributed by atoms with Crippen LogP contribution in [0.25, 0.3) is 0 Å². The molecule has 6 heteroatoms. The molecule has 2 heterocycles. The van der Waals surface area contributed by atoms with Crippen molar-refractivity contribution in [2.75, 3.05) is 24.6 Å².